The molecule has 0 aliphatic carbocycles. The van der Waals surface area contributed by atoms with E-state index in [1.54, 1.807) is 6.92 Å². The third-order valence-corrected chi connectivity index (χ3v) is 3.46. The summed E-state index contributed by atoms with van der Waals surface area (Å²) >= 11 is 0. The summed E-state index contributed by atoms with van der Waals surface area (Å²) in [7, 11) is 0. The summed E-state index contributed by atoms with van der Waals surface area (Å²) in [5.41, 5.74) is 2.66. The van der Waals surface area contributed by atoms with E-state index in [1.165, 1.54) is 0 Å². The molecule has 0 saturated carbocycles. The molecular formula is C19H22N2O3. The molecule has 2 aromatic carbocycles. The smallest absolute Gasteiger partial charge is 0.407 e. The molecule has 2 N–H and O–H groups in total. The van der Waals surface area contributed by atoms with Gasteiger partial charge in [-0.15, -0.1) is 0 Å². The van der Waals surface area contributed by atoms with Crippen LogP contribution in [0.1, 0.15) is 30.5 Å². The molecule has 126 valence electrons. The summed E-state index contributed by atoms with van der Waals surface area (Å²) in [6, 6.07) is 16.5. The lowest BCUT2D eigenvalue weighted by molar-refractivity contribution is -0.116. The van der Waals surface area contributed by atoms with E-state index >= 15 is 0 Å². The minimum absolute atomic E-state index is 0.122. The van der Waals surface area contributed by atoms with Crippen LogP contribution in [0, 0.1) is 6.92 Å². The first-order chi connectivity index (χ1) is 11.6. The predicted molar refractivity (Wildman–Crippen MR) is 93.8 cm³/mol. The van der Waals surface area contributed by atoms with Crippen LogP contribution >= 0.6 is 0 Å². The van der Waals surface area contributed by atoms with E-state index in [1.807, 2.05) is 61.5 Å². The lowest BCUT2D eigenvalue weighted by Gasteiger charge is -2.18. The fourth-order valence-corrected chi connectivity index (χ4v) is 2.37. The van der Waals surface area contributed by atoms with Gasteiger partial charge in [0.05, 0.1) is 19.1 Å². The molecule has 0 aliphatic rings. The molecule has 2 amide bonds. The van der Waals surface area contributed by atoms with Crippen molar-refractivity contribution >= 4 is 17.7 Å². The van der Waals surface area contributed by atoms with Gasteiger partial charge in [-0.1, -0.05) is 42.5 Å². The van der Waals surface area contributed by atoms with Crippen LogP contribution < -0.4 is 10.6 Å². The van der Waals surface area contributed by atoms with E-state index in [2.05, 4.69) is 10.6 Å². The van der Waals surface area contributed by atoms with Crippen LogP contribution in [0.15, 0.2) is 54.6 Å². The van der Waals surface area contributed by atoms with E-state index in [9.17, 15) is 9.59 Å². The molecule has 5 nitrogen and oxygen atoms in total. The van der Waals surface area contributed by atoms with Gasteiger partial charge in [-0.3, -0.25) is 4.79 Å². The summed E-state index contributed by atoms with van der Waals surface area (Å²) in [5, 5.41) is 5.60. The van der Waals surface area contributed by atoms with Crippen LogP contribution in [0.3, 0.4) is 0 Å². The van der Waals surface area contributed by atoms with Gasteiger partial charge in [-0.2, -0.15) is 0 Å². The van der Waals surface area contributed by atoms with Crippen LogP contribution in [0.4, 0.5) is 10.5 Å². The Morgan fingerprint density at radius 3 is 2.50 bits per heavy atom. The van der Waals surface area contributed by atoms with Gasteiger partial charge in [0.25, 0.3) is 0 Å². The Morgan fingerprint density at radius 2 is 1.83 bits per heavy atom. The third-order valence-electron chi connectivity index (χ3n) is 3.46. The highest BCUT2D eigenvalue weighted by atomic mass is 16.5. The molecule has 0 bridgehead atoms. The zero-order valence-corrected chi connectivity index (χ0v) is 13.9. The zero-order chi connectivity index (χ0) is 17.4. The summed E-state index contributed by atoms with van der Waals surface area (Å²) < 4.78 is 4.93. The largest absolute Gasteiger partial charge is 0.450 e. The Labute approximate surface area is 142 Å². The number of hydrogen-bond donors (Lipinski definition) is 2. The fourth-order valence-electron chi connectivity index (χ4n) is 2.37. The Hall–Kier alpha value is -2.82. The highest BCUT2D eigenvalue weighted by molar-refractivity contribution is 5.91. The van der Waals surface area contributed by atoms with Crippen molar-refractivity contribution in [2.24, 2.45) is 0 Å². The van der Waals surface area contributed by atoms with Crippen LogP contribution in [0.25, 0.3) is 0 Å². The topological polar surface area (TPSA) is 67.4 Å². The number of carbonyl (C=O) groups is 2. The molecule has 0 unspecified atom stereocenters. The maximum Gasteiger partial charge on any atom is 0.407 e. The van der Waals surface area contributed by atoms with Crippen molar-refractivity contribution in [1.29, 1.82) is 0 Å². The Bertz CT molecular complexity index is 686. The zero-order valence-electron chi connectivity index (χ0n) is 13.9. The van der Waals surface area contributed by atoms with Gasteiger partial charge in [-0.25, -0.2) is 4.79 Å². The van der Waals surface area contributed by atoms with Crippen LogP contribution in [0.5, 0.6) is 0 Å². The highest BCUT2D eigenvalue weighted by Gasteiger charge is 2.19. The van der Waals surface area contributed by atoms with Gasteiger partial charge < -0.3 is 15.4 Å². The van der Waals surface area contributed by atoms with Gasteiger partial charge in [-0.05, 0) is 37.1 Å². The lowest BCUT2D eigenvalue weighted by atomic mass is 10.0. The van der Waals surface area contributed by atoms with Crippen molar-refractivity contribution in [3.8, 4) is 0 Å². The molecule has 24 heavy (non-hydrogen) atoms. The van der Waals surface area contributed by atoms with Crippen LogP contribution in [0.2, 0.25) is 0 Å². The Kier molecular flexibility index (Phi) is 6.37. The van der Waals surface area contributed by atoms with E-state index in [-0.39, 0.29) is 18.9 Å². The van der Waals surface area contributed by atoms with Crippen molar-refractivity contribution < 1.29 is 14.3 Å². The Morgan fingerprint density at radius 1 is 1.08 bits per heavy atom. The minimum atomic E-state index is -0.533. The summed E-state index contributed by atoms with van der Waals surface area (Å²) in [5.74, 6) is -0.175. The third kappa shape index (κ3) is 5.43. The summed E-state index contributed by atoms with van der Waals surface area (Å²) in [6.45, 7) is 3.98. The maximum absolute atomic E-state index is 12.3. The molecule has 0 spiro atoms. The fraction of sp³-hybridized carbons (Fsp3) is 0.263. The van der Waals surface area contributed by atoms with Crippen LogP contribution in [-0.2, 0) is 9.53 Å². The van der Waals surface area contributed by atoms with Crippen molar-refractivity contribution in [3.05, 3.63) is 65.7 Å². The normalized spacial score (nSPS) is 11.4. The van der Waals surface area contributed by atoms with E-state index in [4.69, 9.17) is 4.74 Å². The monoisotopic (exact) mass is 326 g/mol. The second-order valence-electron chi connectivity index (χ2n) is 5.45. The average molecular weight is 326 g/mol. The number of anilines is 1. The van der Waals surface area contributed by atoms with Gasteiger partial charge in [0.1, 0.15) is 0 Å². The lowest BCUT2D eigenvalue weighted by Crippen LogP contribution is -2.32. The number of benzene rings is 2. The molecule has 0 fully saturated rings. The molecule has 1 atom stereocenters. The first kappa shape index (κ1) is 17.5. The molecule has 2 rings (SSSR count). The van der Waals surface area contributed by atoms with Gasteiger partial charge in [0.15, 0.2) is 0 Å². The van der Waals surface area contributed by atoms with Crippen molar-refractivity contribution in [1.82, 2.24) is 5.32 Å². The average Bonchev–Trinajstić information content (AvgIpc) is 2.55. The maximum atomic E-state index is 12.3. The first-order valence-electron chi connectivity index (χ1n) is 7.93. The number of rotatable bonds is 6. The number of hydrogen-bond acceptors (Lipinski definition) is 3. The van der Waals surface area contributed by atoms with Gasteiger partial charge in [0, 0.05) is 5.69 Å². The van der Waals surface area contributed by atoms with Crippen molar-refractivity contribution in [2.45, 2.75) is 26.3 Å². The standard InChI is InChI=1S/C19H22N2O3/c1-3-24-19(23)21-17(15-9-5-4-6-10-15)13-18(22)20-16-11-7-8-14(2)12-16/h4-12,17H,3,13H2,1-2H3,(H,20,22)(H,21,23)/t17-/m0/s1. The molecule has 0 radical (unpaired) electrons. The second kappa shape index (κ2) is 8.72. The minimum Gasteiger partial charge on any atom is -0.450 e. The number of alkyl carbamates (subject to hydrolysis) is 1. The number of nitrogens with one attached hydrogen (secondary N) is 2. The molecule has 5 heteroatoms. The number of amides is 2. The van der Waals surface area contributed by atoms with E-state index < -0.39 is 12.1 Å². The van der Waals surface area contributed by atoms with Gasteiger partial charge in [0.2, 0.25) is 5.91 Å². The molecule has 2 aromatic rings. The van der Waals surface area contributed by atoms with E-state index in [0.29, 0.717) is 0 Å². The predicted octanol–water partition coefficient (Wildman–Crippen LogP) is 3.81. The van der Waals surface area contributed by atoms with Crippen molar-refractivity contribution in [2.75, 3.05) is 11.9 Å². The molecule has 0 aromatic heterocycles. The second-order valence-corrected chi connectivity index (χ2v) is 5.45. The molecule has 0 heterocycles. The number of aryl methyl sites for hydroxylation is 1. The number of ether oxygens (including phenoxy) is 1. The van der Waals surface area contributed by atoms with Gasteiger partial charge >= 0.3 is 6.09 Å². The highest BCUT2D eigenvalue weighted by Crippen LogP contribution is 2.18. The molecule has 0 saturated heterocycles. The number of carbonyl (C=O) groups excluding carboxylic acids is 2. The Balaban J connectivity index is 2.06. The summed E-state index contributed by atoms with van der Waals surface area (Å²) in [6.07, 6.45) is -0.411. The first-order valence-corrected chi connectivity index (χ1v) is 7.93. The molecular weight excluding hydrogens is 304 g/mol. The van der Waals surface area contributed by atoms with E-state index in [0.717, 1.165) is 16.8 Å². The quantitative estimate of drug-likeness (QED) is 0.848. The van der Waals surface area contributed by atoms with Crippen LogP contribution in [-0.4, -0.2) is 18.6 Å². The summed E-state index contributed by atoms with van der Waals surface area (Å²) in [4.78, 5) is 24.1. The van der Waals surface area contributed by atoms with Crippen molar-refractivity contribution in [3.63, 3.8) is 0 Å². The molecule has 0 aliphatic heterocycles. The SMILES string of the molecule is CCOC(=O)N[C@@H](CC(=O)Nc1cccc(C)c1)c1ccccc1.